The molecule has 178 valence electrons. The van der Waals surface area contributed by atoms with Crippen molar-refractivity contribution in [3.8, 4) is 11.3 Å². The molecule has 8 heteroatoms. The van der Waals surface area contributed by atoms with E-state index in [9.17, 15) is 13.2 Å². The number of nitrogens with zero attached hydrogens (tertiary/aromatic N) is 3. The van der Waals surface area contributed by atoms with Crippen LogP contribution in [-0.4, -0.2) is 53.6 Å². The highest BCUT2D eigenvalue weighted by molar-refractivity contribution is 7.91. The van der Waals surface area contributed by atoms with Crippen LogP contribution in [0.3, 0.4) is 0 Å². The average molecular weight is 479 g/mol. The fraction of sp³-hybridized carbons (Fsp3) is 0.385. The second-order valence-corrected chi connectivity index (χ2v) is 11.7. The van der Waals surface area contributed by atoms with Crippen molar-refractivity contribution in [2.45, 2.75) is 32.2 Å². The quantitative estimate of drug-likeness (QED) is 0.583. The van der Waals surface area contributed by atoms with E-state index in [0.29, 0.717) is 31.1 Å². The third-order valence-corrected chi connectivity index (χ3v) is 8.36. The van der Waals surface area contributed by atoms with E-state index in [4.69, 9.17) is 5.10 Å². The Bertz CT molecular complexity index is 1310. The molecular weight excluding hydrogens is 448 g/mol. The van der Waals surface area contributed by atoms with Gasteiger partial charge in [0.25, 0.3) is 5.91 Å². The maximum atomic E-state index is 12.9. The van der Waals surface area contributed by atoms with Crippen LogP contribution in [0.4, 0.5) is 5.69 Å². The molecule has 2 heterocycles. The van der Waals surface area contributed by atoms with Gasteiger partial charge in [-0.2, -0.15) is 5.10 Å². The normalized spacial score (nSPS) is 18.1. The number of aromatic nitrogens is 2. The van der Waals surface area contributed by atoms with Crippen molar-refractivity contribution in [1.82, 2.24) is 14.7 Å². The first-order chi connectivity index (χ1) is 16.3. The van der Waals surface area contributed by atoms with Gasteiger partial charge < -0.3 is 5.32 Å². The van der Waals surface area contributed by atoms with Crippen LogP contribution in [0.5, 0.6) is 0 Å². The molecule has 1 aliphatic carbocycles. The SMILES string of the molecule is Cc1c(-c2ccc(NC(=O)c3cccc(CN4CCS(=O)(=O)CC4)c3)cc2)nn(C)c1C1CC1. The summed E-state index contributed by atoms with van der Waals surface area (Å²) < 4.78 is 25.3. The lowest BCUT2D eigenvalue weighted by molar-refractivity contribution is 0.102. The third kappa shape index (κ3) is 4.93. The molecule has 5 rings (SSSR count). The van der Waals surface area contributed by atoms with Gasteiger partial charge in [0.1, 0.15) is 0 Å². The monoisotopic (exact) mass is 478 g/mol. The van der Waals surface area contributed by atoms with Crippen LogP contribution in [-0.2, 0) is 23.4 Å². The number of carbonyl (C=O) groups is 1. The Balaban J connectivity index is 1.24. The van der Waals surface area contributed by atoms with Crippen molar-refractivity contribution >= 4 is 21.4 Å². The van der Waals surface area contributed by atoms with Gasteiger partial charge in [-0.3, -0.25) is 14.4 Å². The summed E-state index contributed by atoms with van der Waals surface area (Å²) in [5, 5.41) is 7.72. The predicted octanol–water partition coefficient (Wildman–Crippen LogP) is 3.76. The number of nitrogens with one attached hydrogen (secondary N) is 1. The highest BCUT2D eigenvalue weighted by atomic mass is 32.2. The van der Waals surface area contributed by atoms with Crippen molar-refractivity contribution in [3.05, 3.63) is 70.9 Å². The van der Waals surface area contributed by atoms with Crippen molar-refractivity contribution < 1.29 is 13.2 Å². The Morgan fingerprint density at radius 1 is 1.09 bits per heavy atom. The zero-order chi connectivity index (χ0) is 23.9. The second-order valence-electron chi connectivity index (χ2n) is 9.42. The molecule has 0 atom stereocenters. The zero-order valence-corrected chi connectivity index (χ0v) is 20.4. The summed E-state index contributed by atoms with van der Waals surface area (Å²) in [7, 11) is -0.887. The molecule has 1 saturated heterocycles. The Hall–Kier alpha value is -2.97. The molecular formula is C26H30N4O3S. The van der Waals surface area contributed by atoms with Gasteiger partial charge in [-0.25, -0.2) is 8.42 Å². The molecule has 0 bridgehead atoms. The number of hydrogen-bond acceptors (Lipinski definition) is 5. The summed E-state index contributed by atoms with van der Waals surface area (Å²) >= 11 is 0. The van der Waals surface area contributed by atoms with Gasteiger partial charge in [-0.1, -0.05) is 24.3 Å². The molecule has 34 heavy (non-hydrogen) atoms. The fourth-order valence-electron chi connectivity index (χ4n) is 4.74. The number of benzene rings is 2. The lowest BCUT2D eigenvalue weighted by Crippen LogP contribution is -2.39. The van der Waals surface area contributed by atoms with E-state index in [1.165, 1.54) is 24.1 Å². The minimum atomic E-state index is -2.90. The van der Waals surface area contributed by atoms with Gasteiger partial charge in [0.15, 0.2) is 9.84 Å². The van der Waals surface area contributed by atoms with E-state index in [-0.39, 0.29) is 17.4 Å². The Morgan fingerprint density at radius 2 is 1.79 bits per heavy atom. The summed E-state index contributed by atoms with van der Waals surface area (Å²) in [5.74, 6) is 0.871. The van der Waals surface area contributed by atoms with E-state index in [2.05, 4.69) is 17.1 Å². The topological polar surface area (TPSA) is 84.3 Å². The lowest BCUT2D eigenvalue weighted by atomic mass is 10.0. The summed E-state index contributed by atoms with van der Waals surface area (Å²) in [6, 6.07) is 15.3. The summed E-state index contributed by atoms with van der Waals surface area (Å²) in [5.41, 5.74) is 6.93. The first-order valence-corrected chi connectivity index (χ1v) is 13.6. The number of carbonyl (C=O) groups excluding carboxylic acids is 1. The highest BCUT2D eigenvalue weighted by Crippen LogP contribution is 2.43. The summed E-state index contributed by atoms with van der Waals surface area (Å²) in [4.78, 5) is 15.0. The first kappa shape index (κ1) is 22.8. The van der Waals surface area contributed by atoms with Gasteiger partial charge in [-0.15, -0.1) is 0 Å². The van der Waals surface area contributed by atoms with Crippen molar-refractivity contribution in [1.29, 1.82) is 0 Å². The Kier molecular flexibility index (Phi) is 6.04. The summed E-state index contributed by atoms with van der Waals surface area (Å²) in [6.45, 7) is 3.84. The molecule has 3 aromatic rings. The molecule has 0 spiro atoms. The highest BCUT2D eigenvalue weighted by Gasteiger charge is 2.30. The summed E-state index contributed by atoms with van der Waals surface area (Å²) in [6.07, 6.45) is 2.48. The maximum Gasteiger partial charge on any atom is 0.255 e. The van der Waals surface area contributed by atoms with Crippen LogP contribution in [0.1, 0.15) is 45.9 Å². The van der Waals surface area contributed by atoms with Gasteiger partial charge in [0.05, 0.1) is 17.2 Å². The van der Waals surface area contributed by atoms with Crippen LogP contribution in [0.25, 0.3) is 11.3 Å². The van der Waals surface area contributed by atoms with Gasteiger partial charge in [0, 0.05) is 55.1 Å². The molecule has 0 unspecified atom stereocenters. The average Bonchev–Trinajstić information content (AvgIpc) is 3.60. The number of amides is 1. The van der Waals surface area contributed by atoms with Crippen molar-refractivity contribution in [3.63, 3.8) is 0 Å². The van der Waals surface area contributed by atoms with E-state index in [1.807, 2.05) is 54.2 Å². The molecule has 1 N–H and O–H groups in total. The van der Waals surface area contributed by atoms with Crippen LogP contribution in [0, 0.1) is 6.92 Å². The maximum absolute atomic E-state index is 12.9. The predicted molar refractivity (Wildman–Crippen MR) is 134 cm³/mol. The van der Waals surface area contributed by atoms with Crippen molar-refractivity contribution in [2.24, 2.45) is 7.05 Å². The standard InChI is InChI=1S/C26H30N4O3S/c1-18-24(28-29(2)25(18)21-6-7-21)20-8-10-23(11-9-20)27-26(31)22-5-3-4-19(16-22)17-30-12-14-34(32,33)15-13-30/h3-5,8-11,16,21H,6-7,12-15,17H2,1-2H3,(H,27,31). The number of hydrogen-bond donors (Lipinski definition) is 1. The van der Waals surface area contributed by atoms with Gasteiger partial charge in [-0.05, 0) is 55.2 Å². The smallest absolute Gasteiger partial charge is 0.255 e. The van der Waals surface area contributed by atoms with Crippen LogP contribution >= 0.6 is 0 Å². The second kappa shape index (κ2) is 9.00. The van der Waals surface area contributed by atoms with E-state index in [1.54, 1.807) is 6.07 Å². The molecule has 1 aliphatic heterocycles. The Morgan fingerprint density at radius 3 is 2.47 bits per heavy atom. The van der Waals surface area contributed by atoms with E-state index >= 15 is 0 Å². The molecule has 7 nitrogen and oxygen atoms in total. The molecule has 1 amide bonds. The largest absolute Gasteiger partial charge is 0.322 e. The van der Waals surface area contributed by atoms with Crippen LogP contribution < -0.4 is 5.32 Å². The zero-order valence-electron chi connectivity index (χ0n) is 19.6. The van der Waals surface area contributed by atoms with E-state index in [0.717, 1.165) is 22.5 Å². The molecule has 1 aromatic heterocycles. The van der Waals surface area contributed by atoms with E-state index < -0.39 is 9.84 Å². The van der Waals surface area contributed by atoms with Gasteiger partial charge in [0.2, 0.25) is 0 Å². The van der Waals surface area contributed by atoms with Crippen molar-refractivity contribution in [2.75, 3.05) is 29.9 Å². The fourth-order valence-corrected chi connectivity index (χ4v) is 6.01. The van der Waals surface area contributed by atoms with Crippen LogP contribution in [0.2, 0.25) is 0 Å². The molecule has 2 aliphatic rings. The van der Waals surface area contributed by atoms with Crippen LogP contribution in [0.15, 0.2) is 48.5 Å². The number of rotatable bonds is 6. The third-order valence-electron chi connectivity index (χ3n) is 6.75. The lowest BCUT2D eigenvalue weighted by Gasteiger charge is -2.26. The minimum Gasteiger partial charge on any atom is -0.322 e. The first-order valence-electron chi connectivity index (χ1n) is 11.8. The molecule has 1 saturated carbocycles. The Labute approximate surface area is 200 Å². The molecule has 0 radical (unpaired) electrons. The number of sulfone groups is 1. The molecule has 2 aromatic carbocycles. The number of anilines is 1. The van der Waals surface area contributed by atoms with Gasteiger partial charge >= 0.3 is 0 Å². The number of aryl methyl sites for hydroxylation is 1. The molecule has 2 fully saturated rings. The minimum absolute atomic E-state index is 0.166.